The van der Waals surface area contributed by atoms with Gasteiger partial charge in [0.2, 0.25) is 0 Å². The number of ketones is 3. The van der Waals surface area contributed by atoms with Crippen molar-refractivity contribution >= 4 is 23.3 Å². The number of rotatable bonds is 5. The predicted octanol–water partition coefficient (Wildman–Crippen LogP) is 4.14. The quantitative estimate of drug-likeness (QED) is 0.407. The van der Waals surface area contributed by atoms with Crippen LogP contribution in [0.2, 0.25) is 0 Å². The molecule has 0 aromatic heterocycles. The summed E-state index contributed by atoms with van der Waals surface area (Å²) in [4.78, 5) is 51.5. The Balaban J connectivity index is 1.77. The molecular weight excluding hydrogens is 484 g/mol. The van der Waals surface area contributed by atoms with Crippen molar-refractivity contribution in [2.24, 2.45) is 39.4 Å². The third kappa shape index (κ3) is 3.82. The largest absolute Gasteiger partial charge is 0.469 e. The summed E-state index contributed by atoms with van der Waals surface area (Å²) in [5.74, 6) is -1.46. The van der Waals surface area contributed by atoms with Gasteiger partial charge < -0.3 is 14.9 Å². The number of carbonyl (C=O) groups is 4. The van der Waals surface area contributed by atoms with E-state index in [-0.39, 0.29) is 42.0 Å². The molecule has 2 N–H and O–H groups in total. The van der Waals surface area contributed by atoms with Crippen molar-refractivity contribution in [2.75, 3.05) is 7.11 Å². The first-order valence-corrected chi connectivity index (χ1v) is 13.9. The maximum atomic E-state index is 14.1. The third-order valence-corrected chi connectivity index (χ3v) is 11.4. The van der Waals surface area contributed by atoms with Gasteiger partial charge in [-0.3, -0.25) is 19.2 Å². The van der Waals surface area contributed by atoms with Gasteiger partial charge in [0.05, 0.1) is 25.2 Å². The topological polar surface area (TPSA) is 118 Å². The van der Waals surface area contributed by atoms with E-state index in [1.807, 2.05) is 34.6 Å². The van der Waals surface area contributed by atoms with Crippen LogP contribution in [0.15, 0.2) is 22.8 Å². The Kier molecular flexibility index (Phi) is 7.01. The fourth-order valence-electron chi connectivity index (χ4n) is 8.97. The summed E-state index contributed by atoms with van der Waals surface area (Å²) in [5, 5.41) is 23.3. The molecule has 0 bridgehead atoms. The average molecular weight is 529 g/mol. The molecular formula is C31H44O7. The number of fused-ring (bicyclic) bond motifs is 4. The number of carbonyl (C=O) groups excluding carboxylic acids is 4. The van der Waals surface area contributed by atoms with Crippen LogP contribution in [0.1, 0.15) is 87.0 Å². The van der Waals surface area contributed by atoms with Crippen molar-refractivity contribution in [1.82, 2.24) is 0 Å². The molecule has 4 rings (SSSR count). The Labute approximate surface area is 226 Å². The van der Waals surface area contributed by atoms with Gasteiger partial charge in [-0.15, -0.1) is 0 Å². The minimum absolute atomic E-state index is 0.0195. The van der Waals surface area contributed by atoms with Gasteiger partial charge >= 0.3 is 5.97 Å². The van der Waals surface area contributed by atoms with Crippen LogP contribution in [-0.2, 0) is 23.9 Å². The number of aliphatic hydroxyl groups excluding tert-OH is 2. The standard InChI is InChI=1S/C31H44O7/c1-16(11-18(32)12-17(2)27(37)38-8)19-13-24(36)31(7)26-20(33)14-22-28(3,4)23(35)9-10-29(22,5)25(26)21(34)15-30(19,31)6/h11,17,19-20,22,24,33,36H,9-10,12-15H2,1-8H3/b16-11+/t17?,19-,20+,22+,24+,29+,30-,31+/m1/s1. The maximum absolute atomic E-state index is 14.1. The summed E-state index contributed by atoms with van der Waals surface area (Å²) in [7, 11) is 1.30. The Morgan fingerprint density at radius 3 is 2.34 bits per heavy atom. The first-order chi connectivity index (χ1) is 17.5. The monoisotopic (exact) mass is 528 g/mol. The molecule has 7 nitrogen and oxygen atoms in total. The molecule has 4 aliphatic rings. The second-order valence-corrected chi connectivity index (χ2v) is 13.7. The van der Waals surface area contributed by atoms with E-state index < -0.39 is 45.8 Å². The fourth-order valence-corrected chi connectivity index (χ4v) is 8.97. The van der Waals surface area contributed by atoms with Crippen LogP contribution in [0.5, 0.6) is 0 Å². The van der Waals surface area contributed by atoms with Crippen LogP contribution >= 0.6 is 0 Å². The number of aliphatic hydroxyl groups is 2. The molecule has 38 heavy (non-hydrogen) atoms. The zero-order valence-corrected chi connectivity index (χ0v) is 24.1. The van der Waals surface area contributed by atoms with Crippen molar-refractivity contribution < 1.29 is 34.1 Å². The van der Waals surface area contributed by atoms with E-state index in [2.05, 4.69) is 6.92 Å². The molecule has 4 aliphatic carbocycles. The van der Waals surface area contributed by atoms with Crippen molar-refractivity contribution in [3.05, 3.63) is 22.8 Å². The van der Waals surface area contributed by atoms with E-state index in [1.165, 1.54) is 7.11 Å². The average Bonchev–Trinajstić information content (AvgIpc) is 3.03. The first kappa shape index (κ1) is 28.9. The highest BCUT2D eigenvalue weighted by molar-refractivity contribution is 6.01. The summed E-state index contributed by atoms with van der Waals surface area (Å²) in [6.45, 7) is 13.4. The second-order valence-electron chi connectivity index (χ2n) is 13.7. The number of esters is 1. The van der Waals surface area contributed by atoms with Crippen molar-refractivity contribution in [3.63, 3.8) is 0 Å². The highest BCUT2D eigenvalue weighted by Crippen LogP contribution is 2.71. The molecule has 0 radical (unpaired) electrons. The van der Waals surface area contributed by atoms with E-state index in [1.54, 1.807) is 13.0 Å². The Bertz CT molecular complexity index is 1140. The van der Waals surface area contributed by atoms with Gasteiger partial charge in [0.25, 0.3) is 0 Å². The van der Waals surface area contributed by atoms with Crippen LogP contribution in [0.4, 0.5) is 0 Å². The molecule has 1 unspecified atom stereocenters. The Morgan fingerprint density at radius 1 is 1.11 bits per heavy atom. The highest BCUT2D eigenvalue weighted by Gasteiger charge is 2.69. The summed E-state index contributed by atoms with van der Waals surface area (Å²) in [6.07, 6.45) is 1.74. The minimum Gasteiger partial charge on any atom is -0.469 e. The molecule has 0 aliphatic heterocycles. The van der Waals surface area contributed by atoms with Gasteiger partial charge in [0, 0.05) is 41.1 Å². The van der Waals surface area contributed by atoms with Gasteiger partial charge in [-0.1, -0.05) is 47.1 Å². The molecule has 0 saturated heterocycles. The molecule has 2 saturated carbocycles. The predicted molar refractivity (Wildman–Crippen MR) is 142 cm³/mol. The number of ether oxygens (including phenoxy) is 1. The SMILES string of the molecule is COC(=O)C(C)CC(=O)/C=C(\C)[C@H]1C[C@H](O)[C@@]2(C)C3=C(C(=O)C[C@]12C)[C@@]1(C)CCC(=O)C(C)(C)[C@@H]1C[C@@H]3O. The number of Topliss-reactive ketones (excluding diaryl/α,β-unsaturated/α-hetero) is 2. The van der Waals surface area contributed by atoms with E-state index in [9.17, 15) is 29.4 Å². The third-order valence-electron chi connectivity index (χ3n) is 11.4. The van der Waals surface area contributed by atoms with E-state index in [0.29, 0.717) is 36.8 Å². The Morgan fingerprint density at radius 2 is 1.74 bits per heavy atom. The molecule has 0 aromatic carbocycles. The lowest BCUT2D eigenvalue weighted by molar-refractivity contribution is -0.146. The van der Waals surface area contributed by atoms with Crippen LogP contribution in [0.3, 0.4) is 0 Å². The van der Waals surface area contributed by atoms with Gasteiger partial charge in [-0.25, -0.2) is 0 Å². The van der Waals surface area contributed by atoms with Crippen molar-refractivity contribution in [3.8, 4) is 0 Å². The Hall–Kier alpha value is -2.12. The minimum atomic E-state index is -0.929. The number of hydrogen-bond donors (Lipinski definition) is 2. The lowest BCUT2D eigenvalue weighted by atomic mass is 9.42. The molecule has 0 heterocycles. The van der Waals surface area contributed by atoms with Gasteiger partial charge in [-0.05, 0) is 55.1 Å². The summed E-state index contributed by atoms with van der Waals surface area (Å²) >= 11 is 0. The summed E-state index contributed by atoms with van der Waals surface area (Å²) in [5.41, 5.74) is -0.714. The van der Waals surface area contributed by atoms with E-state index >= 15 is 0 Å². The van der Waals surface area contributed by atoms with Crippen LogP contribution in [0.25, 0.3) is 0 Å². The highest BCUT2D eigenvalue weighted by atomic mass is 16.5. The van der Waals surface area contributed by atoms with E-state index in [0.717, 1.165) is 5.57 Å². The molecule has 2 fully saturated rings. The normalized spacial score (nSPS) is 41.3. The number of allylic oxidation sites excluding steroid dienone is 3. The number of methoxy groups -OCH3 is 1. The summed E-state index contributed by atoms with van der Waals surface area (Å²) < 4.78 is 4.74. The second kappa shape index (κ2) is 9.22. The van der Waals surface area contributed by atoms with Crippen LogP contribution in [-0.4, -0.2) is 52.8 Å². The zero-order valence-electron chi connectivity index (χ0n) is 24.1. The molecule has 0 spiro atoms. The maximum Gasteiger partial charge on any atom is 0.308 e. The van der Waals surface area contributed by atoms with Crippen LogP contribution < -0.4 is 0 Å². The molecule has 8 atom stereocenters. The molecule has 0 aromatic rings. The van der Waals surface area contributed by atoms with Gasteiger partial charge in [0.15, 0.2) is 11.6 Å². The van der Waals surface area contributed by atoms with Gasteiger partial charge in [-0.2, -0.15) is 0 Å². The smallest absolute Gasteiger partial charge is 0.308 e. The fraction of sp³-hybridized carbons (Fsp3) is 0.742. The molecule has 7 heteroatoms. The first-order valence-electron chi connectivity index (χ1n) is 13.9. The number of hydrogen-bond acceptors (Lipinski definition) is 7. The van der Waals surface area contributed by atoms with E-state index in [4.69, 9.17) is 4.74 Å². The van der Waals surface area contributed by atoms with Crippen molar-refractivity contribution in [2.45, 2.75) is 99.2 Å². The zero-order chi connectivity index (χ0) is 28.6. The lowest BCUT2D eigenvalue weighted by Crippen LogP contribution is -2.60. The lowest BCUT2D eigenvalue weighted by Gasteiger charge is -2.61. The van der Waals surface area contributed by atoms with Crippen molar-refractivity contribution in [1.29, 1.82) is 0 Å². The summed E-state index contributed by atoms with van der Waals surface area (Å²) in [6, 6.07) is 0. The van der Waals surface area contributed by atoms with Gasteiger partial charge in [0.1, 0.15) is 5.78 Å². The van der Waals surface area contributed by atoms with Crippen LogP contribution in [0, 0.1) is 39.4 Å². The molecule has 210 valence electrons. The molecule has 0 amide bonds.